The number of halogens is 4. The highest BCUT2D eigenvalue weighted by Crippen LogP contribution is 2.22. The number of aromatic nitrogens is 2. The average molecular weight is 551 g/mol. The molecule has 0 saturated carbocycles. The summed E-state index contributed by atoms with van der Waals surface area (Å²) in [5, 5.41) is 14.4. The van der Waals surface area contributed by atoms with Crippen molar-refractivity contribution in [2.24, 2.45) is 4.99 Å². The molecule has 1 fully saturated rings. The summed E-state index contributed by atoms with van der Waals surface area (Å²) in [5.74, 6) is -2.46. The van der Waals surface area contributed by atoms with Crippen molar-refractivity contribution >= 4 is 47.4 Å². The van der Waals surface area contributed by atoms with Crippen LogP contribution in [0.5, 0.6) is 0 Å². The van der Waals surface area contributed by atoms with Crippen molar-refractivity contribution in [1.82, 2.24) is 25.5 Å². The van der Waals surface area contributed by atoms with E-state index in [-0.39, 0.29) is 24.4 Å². The van der Waals surface area contributed by atoms with Gasteiger partial charge < -0.3 is 20.3 Å². The van der Waals surface area contributed by atoms with E-state index in [1.807, 2.05) is 36.5 Å². The number of carboxylic acids is 1. The molecule has 0 aliphatic carbocycles. The van der Waals surface area contributed by atoms with Crippen LogP contribution < -0.4 is 10.6 Å². The highest BCUT2D eigenvalue weighted by Gasteiger charge is 2.38. The number of benzene rings is 1. The van der Waals surface area contributed by atoms with Crippen molar-refractivity contribution in [3.05, 3.63) is 71.7 Å². The SMILES string of the molecule is Cl.O=C(O)C(F)(F)F.O=C1NC(N[C@H](CN2CCCC2)c2ccccc2)=NC1=Cc1c[nH]c2ncccc12. The Morgan fingerprint density at radius 2 is 1.84 bits per heavy atom. The van der Waals surface area contributed by atoms with Gasteiger partial charge in [-0.05, 0) is 49.7 Å². The predicted octanol–water partition coefficient (Wildman–Crippen LogP) is 3.87. The van der Waals surface area contributed by atoms with E-state index in [4.69, 9.17) is 9.90 Å². The van der Waals surface area contributed by atoms with Gasteiger partial charge in [0, 0.05) is 29.9 Å². The van der Waals surface area contributed by atoms with Gasteiger partial charge in [0.25, 0.3) is 5.91 Å². The van der Waals surface area contributed by atoms with Crippen LogP contribution in [0.1, 0.15) is 30.0 Å². The Balaban J connectivity index is 0.000000444. The first-order valence-corrected chi connectivity index (χ1v) is 11.6. The number of hydrogen-bond donors (Lipinski definition) is 4. The molecule has 38 heavy (non-hydrogen) atoms. The maximum atomic E-state index is 12.5. The molecule has 1 aromatic carbocycles. The Labute approximate surface area is 222 Å². The van der Waals surface area contributed by atoms with Crippen LogP contribution in [-0.2, 0) is 9.59 Å². The number of aliphatic carboxylic acids is 1. The van der Waals surface area contributed by atoms with Gasteiger partial charge in [-0.15, -0.1) is 12.4 Å². The molecule has 2 aliphatic rings. The van der Waals surface area contributed by atoms with Gasteiger partial charge in [-0.2, -0.15) is 13.2 Å². The summed E-state index contributed by atoms with van der Waals surface area (Å²) in [6.07, 6.45) is 2.78. The molecule has 1 atom stereocenters. The first-order chi connectivity index (χ1) is 17.7. The normalized spacial score (nSPS) is 17.3. The van der Waals surface area contributed by atoms with Crippen LogP contribution in [0.25, 0.3) is 17.1 Å². The number of nitrogens with zero attached hydrogens (tertiary/aromatic N) is 3. The smallest absolute Gasteiger partial charge is 0.475 e. The number of rotatable bonds is 5. The summed E-state index contributed by atoms with van der Waals surface area (Å²) in [6.45, 7) is 3.11. The van der Waals surface area contributed by atoms with Crippen LogP contribution in [0.2, 0.25) is 0 Å². The molecule has 1 amide bonds. The number of likely N-dealkylation sites (tertiary alicyclic amines) is 1. The van der Waals surface area contributed by atoms with Crippen molar-refractivity contribution < 1.29 is 27.9 Å². The summed E-state index contributed by atoms with van der Waals surface area (Å²) in [7, 11) is 0. The molecule has 0 unspecified atom stereocenters. The van der Waals surface area contributed by atoms with E-state index >= 15 is 0 Å². The molecule has 202 valence electrons. The second-order valence-electron chi connectivity index (χ2n) is 8.51. The zero-order chi connectivity index (χ0) is 26.4. The van der Waals surface area contributed by atoms with Gasteiger partial charge in [0.2, 0.25) is 5.96 Å². The fraction of sp³-hybridized carbons (Fsp3) is 0.280. The quantitative estimate of drug-likeness (QED) is 0.358. The maximum absolute atomic E-state index is 12.5. The lowest BCUT2D eigenvalue weighted by Gasteiger charge is -2.25. The minimum absolute atomic E-state index is 0. The standard InChI is InChI=1S/C23H24N6O.C2HF3O2.ClH/c30-22-19(13-17-14-25-21-18(17)9-6-10-24-21)26-23(28-22)27-20(15-29-11-4-5-12-29)16-7-2-1-3-8-16;3-2(4,5)1(6)7;/h1-3,6-10,13-14,20H,4-5,11-12,15H2,(H,24,25)(H2,26,27,28,30);(H,6,7);1H/t20-;;/m1../s1. The molecule has 0 spiro atoms. The van der Waals surface area contributed by atoms with Gasteiger partial charge in [0.05, 0.1) is 6.04 Å². The van der Waals surface area contributed by atoms with Crippen molar-refractivity contribution in [2.45, 2.75) is 25.1 Å². The van der Waals surface area contributed by atoms with Crippen molar-refractivity contribution in [3.8, 4) is 0 Å². The Morgan fingerprint density at radius 1 is 1.16 bits per heavy atom. The molecule has 4 heterocycles. The molecule has 0 bridgehead atoms. The van der Waals surface area contributed by atoms with Crippen molar-refractivity contribution in [1.29, 1.82) is 0 Å². The van der Waals surface area contributed by atoms with Gasteiger partial charge in [-0.3, -0.25) is 10.1 Å². The minimum Gasteiger partial charge on any atom is -0.475 e. The molecule has 3 aromatic rings. The van der Waals surface area contributed by atoms with E-state index in [1.165, 1.54) is 18.4 Å². The monoisotopic (exact) mass is 550 g/mol. The minimum atomic E-state index is -5.08. The Hall–Kier alpha value is -3.90. The van der Waals surface area contributed by atoms with E-state index in [0.29, 0.717) is 11.7 Å². The summed E-state index contributed by atoms with van der Waals surface area (Å²) in [5.41, 5.74) is 3.25. The van der Waals surface area contributed by atoms with E-state index in [0.717, 1.165) is 36.2 Å². The second-order valence-corrected chi connectivity index (χ2v) is 8.51. The molecule has 13 heteroatoms. The number of aliphatic imine (C=N–C) groups is 1. The number of carbonyl (C=O) groups excluding carboxylic acids is 1. The summed E-state index contributed by atoms with van der Waals surface area (Å²) in [6, 6.07) is 14.2. The topological polar surface area (TPSA) is 123 Å². The zero-order valence-electron chi connectivity index (χ0n) is 20.0. The summed E-state index contributed by atoms with van der Waals surface area (Å²) >= 11 is 0. The number of pyridine rings is 1. The van der Waals surface area contributed by atoms with E-state index in [2.05, 4.69) is 42.6 Å². The number of alkyl halides is 3. The molecule has 4 N–H and O–H groups in total. The van der Waals surface area contributed by atoms with Crippen molar-refractivity contribution in [2.75, 3.05) is 19.6 Å². The number of fused-ring (bicyclic) bond motifs is 1. The molecule has 5 rings (SSSR count). The number of H-pyrrole nitrogens is 1. The first-order valence-electron chi connectivity index (χ1n) is 11.6. The average Bonchev–Trinajstić information content (AvgIpc) is 3.61. The Bertz CT molecular complexity index is 1320. The Morgan fingerprint density at radius 3 is 2.50 bits per heavy atom. The van der Waals surface area contributed by atoms with Gasteiger partial charge >= 0.3 is 12.1 Å². The number of carboxylic acid groups (broad SMARTS) is 1. The highest BCUT2D eigenvalue weighted by atomic mass is 35.5. The summed E-state index contributed by atoms with van der Waals surface area (Å²) < 4.78 is 31.7. The second kappa shape index (κ2) is 12.6. The predicted molar refractivity (Wildman–Crippen MR) is 139 cm³/mol. The lowest BCUT2D eigenvalue weighted by atomic mass is 10.1. The summed E-state index contributed by atoms with van der Waals surface area (Å²) in [4.78, 5) is 35.9. The molecule has 2 aliphatic heterocycles. The van der Waals surface area contributed by atoms with Gasteiger partial charge in [0.1, 0.15) is 11.3 Å². The van der Waals surface area contributed by atoms with Crippen LogP contribution in [0.4, 0.5) is 13.2 Å². The van der Waals surface area contributed by atoms with Crippen LogP contribution in [-0.4, -0.2) is 63.6 Å². The van der Waals surface area contributed by atoms with Gasteiger partial charge in [-0.25, -0.2) is 14.8 Å². The molecule has 2 aromatic heterocycles. The third-order valence-electron chi connectivity index (χ3n) is 5.87. The van der Waals surface area contributed by atoms with E-state index < -0.39 is 12.1 Å². The van der Waals surface area contributed by atoms with Crippen LogP contribution in [0, 0.1) is 0 Å². The number of hydrogen-bond acceptors (Lipinski definition) is 6. The fourth-order valence-electron chi connectivity index (χ4n) is 4.09. The Kier molecular flexibility index (Phi) is 9.48. The number of aromatic amines is 1. The molecule has 0 radical (unpaired) electrons. The third-order valence-corrected chi connectivity index (χ3v) is 5.87. The molecule has 1 saturated heterocycles. The molecule has 9 nitrogen and oxygen atoms in total. The number of amides is 1. The molecular weight excluding hydrogens is 525 g/mol. The fourth-order valence-corrected chi connectivity index (χ4v) is 4.09. The van der Waals surface area contributed by atoms with Crippen molar-refractivity contribution in [3.63, 3.8) is 0 Å². The van der Waals surface area contributed by atoms with Gasteiger partial charge in [0.15, 0.2) is 0 Å². The third kappa shape index (κ3) is 7.33. The van der Waals surface area contributed by atoms with Crippen LogP contribution in [0.3, 0.4) is 0 Å². The van der Waals surface area contributed by atoms with Gasteiger partial charge in [-0.1, -0.05) is 30.3 Å². The largest absolute Gasteiger partial charge is 0.490 e. The maximum Gasteiger partial charge on any atom is 0.490 e. The van der Waals surface area contributed by atoms with Crippen LogP contribution >= 0.6 is 12.4 Å². The lowest BCUT2D eigenvalue weighted by Crippen LogP contribution is -2.42. The zero-order valence-corrected chi connectivity index (χ0v) is 20.9. The molecular formula is C25H26ClF3N6O3. The number of guanidine groups is 1. The lowest BCUT2D eigenvalue weighted by molar-refractivity contribution is -0.192. The number of carbonyl (C=O) groups is 2. The van der Waals surface area contributed by atoms with E-state index in [1.54, 1.807) is 12.3 Å². The number of nitrogens with one attached hydrogen (secondary N) is 3. The first kappa shape index (κ1) is 28.7. The highest BCUT2D eigenvalue weighted by molar-refractivity contribution is 6.14. The van der Waals surface area contributed by atoms with Crippen LogP contribution in [0.15, 0.2) is 65.5 Å². The van der Waals surface area contributed by atoms with E-state index in [9.17, 15) is 18.0 Å².